The smallest absolute Gasteiger partial charge is 0.0720 e. The Hall–Kier alpha value is -0.900. The van der Waals surface area contributed by atoms with Crippen LogP contribution in [0.15, 0.2) is 30.3 Å². The van der Waals surface area contributed by atoms with Gasteiger partial charge < -0.3 is 15.8 Å². The largest absolute Gasteiger partial charge is 0.374 e. The molecule has 1 saturated carbocycles. The summed E-state index contributed by atoms with van der Waals surface area (Å²) in [6.45, 7) is 2.71. The molecule has 0 bridgehead atoms. The van der Waals surface area contributed by atoms with Gasteiger partial charge in [-0.2, -0.15) is 0 Å². The van der Waals surface area contributed by atoms with Gasteiger partial charge in [0.05, 0.1) is 12.7 Å². The topological polar surface area (TPSA) is 47.3 Å². The summed E-state index contributed by atoms with van der Waals surface area (Å²) in [5.41, 5.74) is 7.02. The average Bonchev–Trinajstić information content (AvgIpc) is 2.89. The van der Waals surface area contributed by atoms with Crippen molar-refractivity contribution in [3.63, 3.8) is 0 Å². The highest BCUT2D eigenvalue weighted by atomic mass is 16.5. The minimum absolute atomic E-state index is 0.427. The maximum atomic E-state index is 6.14. The molecular weight excluding hydrogens is 248 g/mol. The zero-order chi connectivity index (χ0) is 13.8. The van der Waals surface area contributed by atoms with Crippen LogP contribution in [0, 0.1) is 11.8 Å². The monoisotopic (exact) mass is 274 g/mol. The van der Waals surface area contributed by atoms with Crippen molar-refractivity contribution in [3.05, 3.63) is 35.9 Å². The molecule has 3 rings (SSSR count). The van der Waals surface area contributed by atoms with Gasteiger partial charge in [0, 0.05) is 6.04 Å². The zero-order valence-electron chi connectivity index (χ0n) is 12.1. The number of nitrogens with one attached hydrogen (secondary N) is 1. The number of hydrogen-bond donors (Lipinski definition) is 2. The first-order chi connectivity index (χ1) is 9.86. The molecule has 1 saturated heterocycles. The lowest BCUT2D eigenvalue weighted by molar-refractivity contribution is -0.00610. The third-order valence-corrected chi connectivity index (χ3v) is 4.97. The van der Waals surface area contributed by atoms with Gasteiger partial charge >= 0.3 is 0 Å². The SMILES string of the molecule is NCCC1CNC2CCC(OCc3ccccc3)CC12. The van der Waals surface area contributed by atoms with Gasteiger partial charge in [-0.15, -0.1) is 0 Å². The van der Waals surface area contributed by atoms with Crippen molar-refractivity contribution in [2.24, 2.45) is 17.6 Å². The van der Waals surface area contributed by atoms with E-state index in [2.05, 4.69) is 35.6 Å². The van der Waals surface area contributed by atoms with E-state index in [4.69, 9.17) is 10.5 Å². The maximum absolute atomic E-state index is 6.14. The molecule has 1 aliphatic heterocycles. The molecule has 4 atom stereocenters. The molecule has 0 radical (unpaired) electrons. The Balaban J connectivity index is 1.52. The lowest BCUT2D eigenvalue weighted by Crippen LogP contribution is -2.37. The molecule has 1 aromatic rings. The second-order valence-electron chi connectivity index (χ2n) is 6.25. The molecule has 4 unspecified atom stereocenters. The predicted molar refractivity (Wildman–Crippen MR) is 81.3 cm³/mol. The van der Waals surface area contributed by atoms with E-state index in [0.717, 1.165) is 38.0 Å². The van der Waals surface area contributed by atoms with Crippen LogP contribution in [0.1, 0.15) is 31.2 Å². The molecule has 3 N–H and O–H groups in total. The Morgan fingerprint density at radius 1 is 1.20 bits per heavy atom. The highest BCUT2D eigenvalue weighted by molar-refractivity contribution is 5.13. The fourth-order valence-electron chi connectivity index (χ4n) is 3.86. The molecular formula is C17H26N2O. The number of ether oxygens (including phenoxy) is 1. The Morgan fingerprint density at radius 3 is 2.85 bits per heavy atom. The lowest BCUT2D eigenvalue weighted by atomic mass is 9.77. The van der Waals surface area contributed by atoms with E-state index in [1.807, 2.05) is 0 Å². The predicted octanol–water partition coefficient (Wildman–Crippen LogP) is 2.31. The molecule has 2 fully saturated rings. The van der Waals surface area contributed by atoms with E-state index in [-0.39, 0.29) is 0 Å². The summed E-state index contributed by atoms with van der Waals surface area (Å²) in [7, 11) is 0. The van der Waals surface area contributed by atoms with Crippen LogP contribution in [0.4, 0.5) is 0 Å². The first-order valence-electron chi connectivity index (χ1n) is 7.96. The summed E-state index contributed by atoms with van der Waals surface area (Å²) >= 11 is 0. The summed E-state index contributed by atoms with van der Waals surface area (Å²) in [5.74, 6) is 1.53. The van der Waals surface area contributed by atoms with Crippen molar-refractivity contribution in [1.82, 2.24) is 5.32 Å². The number of rotatable bonds is 5. The molecule has 1 aliphatic carbocycles. The highest BCUT2D eigenvalue weighted by Gasteiger charge is 2.39. The van der Waals surface area contributed by atoms with Crippen molar-refractivity contribution in [3.8, 4) is 0 Å². The fraction of sp³-hybridized carbons (Fsp3) is 0.647. The van der Waals surface area contributed by atoms with Gasteiger partial charge in [0.1, 0.15) is 0 Å². The van der Waals surface area contributed by atoms with Gasteiger partial charge in [0.25, 0.3) is 0 Å². The van der Waals surface area contributed by atoms with Crippen LogP contribution in [0.3, 0.4) is 0 Å². The Bertz CT molecular complexity index is 409. The van der Waals surface area contributed by atoms with Crippen LogP contribution in [0.5, 0.6) is 0 Å². The van der Waals surface area contributed by atoms with Crippen molar-refractivity contribution < 1.29 is 4.74 Å². The molecule has 1 heterocycles. The summed E-state index contributed by atoms with van der Waals surface area (Å²) in [4.78, 5) is 0. The number of benzene rings is 1. The van der Waals surface area contributed by atoms with E-state index in [0.29, 0.717) is 12.1 Å². The Kier molecular flexibility index (Phi) is 4.71. The number of hydrogen-bond acceptors (Lipinski definition) is 3. The third kappa shape index (κ3) is 3.22. The van der Waals surface area contributed by atoms with E-state index in [9.17, 15) is 0 Å². The first-order valence-corrected chi connectivity index (χ1v) is 7.96. The van der Waals surface area contributed by atoms with Crippen LogP contribution < -0.4 is 11.1 Å². The average molecular weight is 274 g/mol. The first kappa shape index (κ1) is 14.1. The van der Waals surface area contributed by atoms with Crippen molar-refractivity contribution >= 4 is 0 Å². The van der Waals surface area contributed by atoms with Gasteiger partial charge in [-0.05, 0) is 56.2 Å². The van der Waals surface area contributed by atoms with E-state index < -0.39 is 0 Å². The number of fused-ring (bicyclic) bond motifs is 1. The van der Waals surface area contributed by atoms with Gasteiger partial charge in [-0.25, -0.2) is 0 Å². The molecule has 3 heteroatoms. The summed E-state index contributed by atoms with van der Waals surface area (Å²) in [6.07, 6.45) is 5.23. The van der Waals surface area contributed by atoms with E-state index in [1.54, 1.807) is 0 Å². The fourth-order valence-corrected chi connectivity index (χ4v) is 3.86. The minimum Gasteiger partial charge on any atom is -0.374 e. The van der Waals surface area contributed by atoms with Gasteiger partial charge in [0.15, 0.2) is 0 Å². The molecule has 20 heavy (non-hydrogen) atoms. The van der Waals surface area contributed by atoms with Crippen molar-refractivity contribution in [2.75, 3.05) is 13.1 Å². The standard InChI is InChI=1S/C17H26N2O/c18-9-8-14-11-19-17-7-6-15(10-16(14)17)20-12-13-4-2-1-3-5-13/h1-5,14-17,19H,6-12,18H2. The molecule has 0 aromatic heterocycles. The maximum Gasteiger partial charge on any atom is 0.0720 e. The van der Waals surface area contributed by atoms with Gasteiger partial charge in [0.2, 0.25) is 0 Å². The van der Waals surface area contributed by atoms with Crippen LogP contribution in [0.2, 0.25) is 0 Å². The molecule has 110 valence electrons. The molecule has 0 amide bonds. The van der Waals surface area contributed by atoms with Crippen LogP contribution in [0.25, 0.3) is 0 Å². The molecule has 0 spiro atoms. The van der Waals surface area contributed by atoms with Crippen LogP contribution in [-0.2, 0) is 11.3 Å². The zero-order valence-corrected chi connectivity index (χ0v) is 12.1. The highest BCUT2D eigenvalue weighted by Crippen LogP contribution is 2.37. The third-order valence-electron chi connectivity index (χ3n) is 4.97. The van der Waals surface area contributed by atoms with Crippen LogP contribution >= 0.6 is 0 Å². The second kappa shape index (κ2) is 6.70. The quantitative estimate of drug-likeness (QED) is 0.866. The second-order valence-corrected chi connectivity index (χ2v) is 6.25. The minimum atomic E-state index is 0.427. The van der Waals surface area contributed by atoms with Gasteiger partial charge in [-0.3, -0.25) is 0 Å². The van der Waals surface area contributed by atoms with Gasteiger partial charge in [-0.1, -0.05) is 30.3 Å². The molecule has 2 aliphatic rings. The molecule has 3 nitrogen and oxygen atoms in total. The van der Waals surface area contributed by atoms with Crippen LogP contribution in [-0.4, -0.2) is 25.2 Å². The summed E-state index contributed by atoms with van der Waals surface area (Å²) in [6, 6.07) is 11.2. The van der Waals surface area contributed by atoms with Crippen molar-refractivity contribution in [1.29, 1.82) is 0 Å². The normalized spacial score (nSPS) is 33.0. The summed E-state index contributed by atoms with van der Waals surface area (Å²) in [5, 5.41) is 3.68. The lowest BCUT2D eigenvalue weighted by Gasteiger charge is -2.34. The number of nitrogens with two attached hydrogens (primary N) is 1. The molecule has 1 aromatic carbocycles. The Labute approximate surface area is 121 Å². The van der Waals surface area contributed by atoms with E-state index >= 15 is 0 Å². The summed E-state index contributed by atoms with van der Waals surface area (Å²) < 4.78 is 6.14. The van der Waals surface area contributed by atoms with E-state index in [1.165, 1.54) is 24.8 Å². The Morgan fingerprint density at radius 2 is 2.05 bits per heavy atom. The van der Waals surface area contributed by atoms with Crippen molar-refractivity contribution in [2.45, 2.75) is 44.4 Å².